The van der Waals surface area contributed by atoms with E-state index in [0.717, 1.165) is 54.1 Å². The van der Waals surface area contributed by atoms with Gasteiger partial charge in [-0.25, -0.2) is 4.98 Å². The zero-order valence-electron chi connectivity index (χ0n) is 17.3. The molecule has 162 valence electrons. The molecule has 2 aromatic heterocycles. The molecule has 3 heterocycles. The fraction of sp³-hybridized carbons (Fsp3) is 0.217. The van der Waals surface area contributed by atoms with Crippen molar-refractivity contribution in [2.24, 2.45) is 0 Å². The van der Waals surface area contributed by atoms with Gasteiger partial charge < -0.3 is 20.6 Å². The molecule has 0 unspecified atom stereocenters. The van der Waals surface area contributed by atoms with Crippen LogP contribution in [0.1, 0.15) is 5.56 Å². The molecule has 1 saturated heterocycles. The Labute approximate surface area is 190 Å². The van der Waals surface area contributed by atoms with Crippen LogP contribution in [0.25, 0.3) is 22.3 Å². The van der Waals surface area contributed by atoms with Crippen molar-refractivity contribution in [1.82, 2.24) is 25.5 Å². The van der Waals surface area contributed by atoms with Gasteiger partial charge in [-0.15, -0.1) is 10.2 Å². The van der Waals surface area contributed by atoms with Gasteiger partial charge in [0, 0.05) is 60.3 Å². The summed E-state index contributed by atoms with van der Waals surface area (Å²) in [7, 11) is 0. The number of piperazine rings is 1. The van der Waals surface area contributed by atoms with E-state index in [9.17, 15) is 5.11 Å². The predicted molar refractivity (Wildman–Crippen MR) is 126 cm³/mol. The lowest BCUT2D eigenvalue weighted by molar-refractivity contribution is 0.282. The van der Waals surface area contributed by atoms with Crippen molar-refractivity contribution in [2.75, 3.05) is 36.4 Å². The van der Waals surface area contributed by atoms with Gasteiger partial charge in [0.05, 0.1) is 17.3 Å². The number of anilines is 3. The molecule has 8 nitrogen and oxygen atoms in total. The third-order valence-electron chi connectivity index (χ3n) is 5.45. The van der Waals surface area contributed by atoms with Crippen LogP contribution in [0.2, 0.25) is 5.02 Å². The average molecular weight is 448 g/mol. The highest BCUT2D eigenvalue weighted by Gasteiger charge is 2.15. The van der Waals surface area contributed by atoms with Crippen LogP contribution in [0.4, 0.5) is 17.3 Å². The average Bonchev–Trinajstić information content (AvgIpc) is 2.84. The van der Waals surface area contributed by atoms with Gasteiger partial charge in [-0.1, -0.05) is 29.8 Å². The molecule has 5 rings (SSSR count). The highest BCUT2D eigenvalue weighted by molar-refractivity contribution is 6.33. The van der Waals surface area contributed by atoms with E-state index in [1.807, 2.05) is 48.5 Å². The van der Waals surface area contributed by atoms with Crippen LogP contribution in [0.15, 0.2) is 54.7 Å². The second-order valence-electron chi connectivity index (χ2n) is 7.55. The Morgan fingerprint density at radius 3 is 2.72 bits per heavy atom. The maximum Gasteiger partial charge on any atom is 0.229 e. The van der Waals surface area contributed by atoms with E-state index < -0.39 is 0 Å². The van der Waals surface area contributed by atoms with Crippen LogP contribution in [0.3, 0.4) is 0 Å². The van der Waals surface area contributed by atoms with E-state index in [1.54, 1.807) is 6.20 Å². The smallest absolute Gasteiger partial charge is 0.229 e. The summed E-state index contributed by atoms with van der Waals surface area (Å²) in [6.07, 6.45) is 1.71. The Morgan fingerprint density at radius 2 is 1.91 bits per heavy atom. The first kappa shape index (κ1) is 20.6. The van der Waals surface area contributed by atoms with Crippen LogP contribution >= 0.6 is 11.6 Å². The Kier molecular flexibility index (Phi) is 5.81. The molecule has 4 aromatic rings. The summed E-state index contributed by atoms with van der Waals surface area (Å²) < 4.78 is 0. The van der Waals surface area contributed by atoms with Gasteiger partial charge in [-0.3, -0.25) is 0 Å². The number of aliphatic hydroxyl groups excluding tert-OH is 1. The van der Waals surface area contributed by atoms with E-state index in [-0.39, 0.29) is 6.61 Å². The summed E-state index contributed by atoms with van der Waals surface area (Å²) in [4.78, 5) is 11.2. The molecule has 0 spiro atoms. The van der Waals surface area contributed by atoms with Gasteiger partial charge in [0.15, 0.2) is 5.65 Å². The lowest BCUT2D eigenvalue weighted by Crippen LogP contribution is -2.43. The predicted octanol–water partition coefficient (Wildman–Crippen LogP) is 3.39. The Bertz CT molecular complexity index is 1260. The Morgan fingerprint density at radius 1 is 1.06 bits per heavy atom. The molecule has 0 aliphatic carbocycles. The van der Waals surface area contributed by atoms with Gasteiger partial charge in [-0.05, 0) is 30.3 Å². The summed E-state index contributed by atoms with van der Waals surface area (Å²) >= 11 is 6.28. The first-order valence-corrected chi connectivity index (χ1v) is 10.8. The monoisotopic (exact) mass is 447 g/mol. The molecule has 0 amide bonds. The van der Waals surface area contributed by atoms with Crippen LogP contribution in [0.5, 0.6) is 0 Å². The molecule has 0 bridgehead atoms. The first-order valence-electron chi connectivity index (χ1n) is 10.4. The summed E-state index contributed by atoms with van der Waals surface area (Å²) in [6, 6.07) is 15.3. The van der Waals surface area contributed by atoms with E-state index in [0.29, 0.717) is 22.3 Å². The largest absolute Gasteiger partial charge is 0.392 e. The van der Waals surface area contributed by atoms with Gasteiger partial charge in [0.25, 0.3) is 0 Å². The van der Waals surface area contributed by atoms with Gasteiger partial charge >= 0.3 is 0 Å². The number of benzene rings is 2. The normalized spacial score (nSPS) is 14.0. The number of aliphatic hydroxyl groups is 1. The number of hydrogen-bond donors (Lipinski definition) is 3. The maximum atomic E-state index is 9.89. The minimum atomic E-state index is -0.0380. The van der Waals surface area contributed by atoms with Crippen molar-refractivity contribution in [3.05, 3.63) is 65.3 Å². The van der Waals surface area contributed by atoms with Gasteiger partial charge in [0.1, 0.15) is 0 Å². The highest BCUT2D eigenvalue weighted by Crippen LogP contribution is 2.28. The van der Waals surface area contributed by atoms with Crippen LogP contribution in [-0.2, 0) is 6.61 Å². The molecule has 9 heteroatoms. The van der Waals surface area contributed by atoms with Crippen LogP contribution < -0.4 is 15.5 Å². The molecule has 3 N–H and O–H groups in total. The quantitative estimate of drug-likeness (QED) is 0.428. The van der Waals surface area contributed by atoms with Gasteiger partial charge in [-0.2, -0.15) is 4.98 Å². The molecule has 1 aliphatic rings. The second-order valence-corrected chi connectivity index (χ2v) is 7.95. The lowest BCUT2D eigenvalue weighted by Gasteiger charge is -2.31. The Hall–Kier alpha value is -3.33. The maximum absolute atomic E-state index is 9.89. The molecule has 32 heavy (non-hydrogen) atoms. The van der Waals surface area contributed by atoms with Crippen molar-refractivity contribution in [3.8, 4) is 11.3 Å². The fourth-order valence-electron chi connectivity index (χ4n) is 3.84. The van der Waals surface area contributed by atoms with E-state index in [1.165, 1.54) is 0 Å². The molecule has 1 aliphatic heterocycles. The van der Waals surface area contributed by atoms with Crippen LogP contribution in [-0.4, -0.2) is 51.5 Å². The summed E-state index contributed by atoms with van der Waals surface area (Å²) in [5.41, 5.74) is 4.68. The minimum Gasteiger partial charge on any atom is -0.392 e. The standard InChI is InChI=1S/C23H22ClN7O/c24-19-4-2-1-3-18(19)20-12-15-13-26-23(28-22(15)30-29-20)27-17-5-6-21(16(11-17)14-32)31-9-7-25-8-10-31/h1-6,11-13,25,32H,7-10,14H2,(H,26,27,28,30). The van der Waals surface area contributed by atoms with E-state index in [4.69, 9.17) is 11.6 Å². The molecule has 0 saturated carbocycles. The summed E-state index contributed by atoms with van der Waals surface area (Å²) in [5.74, 6) is 0.413. The summed E-state index contributed by atoms with van der Waals surface area (Å²) in [5, 5.41) is 26.4. The number of nitrogens with one attached hydrogen (secondary N) is 2. The molecule has 0 radical (unpaired) electrons. The third kappa shape index (κ3) is 4.20. The number of aromatic nitrogens is 4. The zero-order chi connectivity index (χ0) is 21.9. The van der Waals surface area contributed by atoms with E-state index in [2.05, 4.69) is 35.7 Å². The Balaban J connectivity index is 1.39. The van der Waals surface area contributed by atoms with E-state index >= 15 is 0 Å². The van der Waals surface area contributed by atoms with Crippen molar-refractivity contribution in [1.29, 1.82) is 0 Å². The van der Waals surface area contributed by atoms with Gasteiger partial charge in [0.2, 0.25) is 5.95 Å². The van der Waals surface area contributed by atoms with Crippen molar-refractivity contribution >= 4 is 40.0 Å². The SMILES string of the molecule is OCc1cc(Nc2ncc3cc(-c4ccccc4Cl)nnc3n2)ccc1N1CCNCC1. The topological polar surface area (TPSA) is 99.1 Å². The third-order valence-corrected chi connectivity index (χ3v) is 5.78. The van der Waals surface area contributed by atoms with Crippen molar-refractivity contribution in [3.63, 3.8) is 0 Å². The fourth-order valence-corrected chi connectivity index (χ4v) is 4.07. The minimum absolute atomic E-state index is 0.0380. The lowest BCUT2D eigenvalue weighted by atomic mass is 10.1. The number of rotatable bonds is 5. The zero-order valence-corrected chi connectivity index (χ0v) is 18.0. The van der Waals surface area contributed by atoms with Crippen molar-refractivity contribution in [2.45, 2.75) is 6.61 Å². The second kappa shape index (κ2) is 9.04. The molecule has 2 aromatic carbocycles. The van der Waals surface area contributed by atoms with Crippen LogP contribution in [0, 0.1) is 0 Å². The molecular weight excluding hydrogens is 426 g/mol. The first-order chi connectivity index (χ1) is 15.7. The molecule has 1 fully saturated rings. The van der Waals surface area contributed by atoms with Crippen molar-refractivity contribution < 1.29 is 5.11 Å². The molecular formula is C23H22ClN7O. The summed E-state index contributed by atoms with van der Waals surface area (Å²) in [6.45, 7) is 3.68. The number of fused-ring (bicyclic) bond motifs is 1. The highest BCUT2D eigenvalue weighted by atomic mass is 35.5. The molecule has 0 atom stereocenters. The number of hydrogen-bond acceptors (Lipinski definition) is 8. The number of halogens is 1. The number of nitrogens with zero attached hydrogens (tertiary/aromatic N) is 5.